The van der Waals surface area contributed by atoms with Crippen LogP contribution in [-0.2, 0) is 4.79 Å². The van der Waals surface area contributed by atoms with Crippen molar-refractivity contribution in [1.29, 1.82) is 0 Å². The monoisotopic (exact) mass is 319 g/mol. The number of rotatable bonds is 2. The van der Waals surface area contributed by atoms with E-state index < -0.39 is 5.54 Å². The number of imide groups is 1. The number of fused-ring (bicyclic) bond motifs is 1. The standard InChI is InChI=1S/C18H29N3O2/c1-18-10-5-11-20(18)17(23)21(16(18)22)15-8-12-19(13-9-15)14-6-3-2-4-7-14/h14-15H,2-13H2,1H3/t18-/m0/s1. The molecule has 128 valence electrons. The van der Waals surface area contributed by atoms with E-state index in [-0.39, 0.29) is 18.0 Å². The minimum Gasteiger partial charge on any atom is -0.310 e. The Bertz CT molecular complexity index is 494. The molecule has 3 saturated heterocycles. The molecule has 1 atom stereocenters. The molecule has 4 fully saturated rings. The van der Waals surface area contributed by atoms with Crippen LogP contribution in [0.2, 0.25) is 0 Å². The van der Waals surface area contributed by atoms with Crippen molar-refractivity contribution in [2.75, 3.05) is 19.6 Å². The van der Waals surface area contributed by atoms with E-state index in [4.69, 9.17) is 0 Å². The molecule has 0 aromatic heterocycles. The largest absolute Gasteiger partial charge is 0.327 e. The average Bonchev–Trinajstić information content (AvgIpc) is 3.06. The zero-order chi connectivity index (χ0) is 16.0. The van der Waals surface area contributed by atoms with Gasteiger partial charge in [0.1, 0.15) is 5.54 Å². The molecule has 23 heavy (non-hydrogen) atoms. The first kappa shape index (κ1) is 15.4. The second-order valence-corrected chi connectivity index (χ2v) is 8.05. The maximum Gasteiger partial charge on any atom is 0.327 e. The summed E-state index contributed by atoms with van der Waals surface area (Å²) in [4.78, 5) is 31.6. The van der Waals surface area contributed by atoms with Crippen LogP contribution in [0.25, 0.3) is 0 Å². The lowest BCUT2D eigenvalue weighted by Crippen LogP contribution is -2.51. The molecule has 0 unspecified atom stereocenters. The van der Waals surface area contributed by atoms with Crippen molar-refractivity contribution in [3.05, 3.63) is 0 Å². The summed E-state index contributed by atoms with van der Waals surface area (Å²) in [7, 11) is 0. The van der Waals surface area contributed by atoms with Gasteiger partial charge in [-0.15, -0.1) is 0 Å². The Balaban J connectivity index is 1.41. The van der Waals surface area contributed by atoms with Gasteiger partial charge in [0.15, 0.2) is 0 Å². The zero-order valence-electron chi connectivity index (χ0n) is 14.3. The van der Waals surface area contributed by atoms with Gasteiger partial charge in [-0.05, 0) is 45.4 Å². The van der Waals surface area contributed by atoms with Crippen molar-refractivity contribution in [3.8, 4) is 0 Å². The first-order chi connectivity index (χ1) is 11.1. The quantitative estimate of drug-likeness (QED) is 0.735. The molecule has 4 aliphatic rings. The third-order valence-corrected chi connectivity index (χ3v) is 6.71. The molecule has 0 N–H and O–H groups in total. The van der Waals surface area contributed by atoms with E-state index in [9.17, 15) is 9.59 Å². The summed E-state index contributed by atoms with van der Waals surface area (Å²) in [5.74, 6) is 0.0658. The first-order valence-electron chi connectivity index (χ1n) is 9.50. The highest BCUT2D eigenvalue weighted by atomic mass is 16.2. The molecule has 3 amide bonds. The van der Waals surface area contributed by atoms with Crippen molar-refractivity contribution in [1.82, 2.24) is 14.7 Å². The summed E-state index contributed by atoms with van der Waals surface area (Å²) in [5.41, 5.74) is -0.544. The van der Waals surface area contributed by atoms with Gasteiger partial charge in [-0.25, -0.2) is 4.79 Å². The molecule has 5 heteroatoms. The number of hydrogen-bond acceptors (Lipinski definition) is 3. The van der Waals surface area contributed by atoms with Gasteiger partial charge in [-0.3, -0.25) is 9.69 Å². The van der Waals surface area contributed by atoms with Crippen LogP contribution < -0.4 is 0 Å². The van der Waals surface area contributed by atoms with Gasteiger partial charge in [-0.1, -0.05) is 19.3 Å². The fourth-order valence-electron chi connectivity index (χ4n) is 5.25. The van der Waals surface area contributed by atoms with E-state index in [1.54, 1.807) is 4.90 Å². The van der Waals surface area contributed by atoms with Crippen LogP contribution in [-0.4, -0.2) is 63.9 Å². The van der Waals surface area contributed by atoms with Crippen LogP contribution in [0.4, 0.5) is 4.79 Å². The van der Waals surface area contributed by atoms with Crippen molar-refractivity contribution >= 4 is 11.9 Å². The number of hydrogen-bond donors (Lipinski definition) is 0. The number of carbonyl (C=O) groups excluding carboxylic acids is 2. The fraction of sp³-hybridized carbons (Fsp3) is 0.889. The average molecular weight is 319 g/mol. The van der Waals surface area contributed by atoms with E-state index in [0.717, 1.165) is 51.4 Å². The Morgan fingerprint density at radius 3 is 2.22 bits per heavy atom. The molecular weight excluding hydrogens is 290 g/mol. The van der Waals surface area contributed by atoms with E-state index in [1.165, 1.54) is 32.1 Å². The molecule has 0 bridgehead atoms. The van der Waals surface area contributed by atoms with Crippen LogP contribution in [0.3, 0.4) is 0 Å². The van der Waals surface area contributed by atoms with Gasteiger partial charge in [-0.2, -0.15) is 0 Å². The summed E-state index contributed by atoms with van der Waals surface area (Å²) in [6, 6.07) is 0.846. The Morgan fingerprint density at radius 1 is 0.870 bits per heavy atom. The maximum absolute atomic E-state index is 12.9. The Hall–Kier alpha value is -1.10. The molecule has 3 aliphatic heterocycles. The van der Waals surface area contributed by atoms with E-state index in [2.05, 4.69) is 4.90 Å². The van der Waals surface area contributed by atoms with Crippen molar-refractivity contribution in [2.45, 2.75) is 82.3 Å². The fourth-order valence-corrected chi connectivity index (χ4v) is 5.25. The molecule has 0 spiro atoms. The van der Waals surface area contributed by atoms with Crippen LogP contribution in [0, 0.1) is 0 Å². The third-order valence-electron chi connectivity index (χ3n) is 6.71. The number of likely N-dealkylation sites (tertiary alicyclic amines) is 1. The van der Waals surface area contributed by atoms with E-state index >= 15 is 0 Å². The Kier molecular flexibility index (Phi) is 3.87. The predicted molar refractivity (Wildman–Crippen MR) is 88.1 cm³/mol. The first-order valence-corrected chi connectivity index (χ1v) is 9.50. The third kappa shape index (κ3) is 2.39. The minimum absolute atomic E-state index is 0.0221. The molecule has 0 aromatic rings. The highest BCUT2D eigenvalue weighted by Gasteiger charge is 2.58. The maximum atomic E-state index is 12.9. The topological polar surface area (TPSA) is 43.9 Å². The van der Waals surface area contributed by atoms with Crippen LogP contribution in [0.15, 0.2) is 0 Å². The summed E-state index contributed by atoms with van der Waals surface area (Å²) in [5, 5.41) is 0. The predicted octanol–water partition coefficient (Wildman–Crippen LogP) is 2.60. The lowest BCUT2D eigenvalue weighted by molar-refractivity contribution is -0.134. The second kappa shape index (κ2) is 5.76. The number of carbonyl (C=O) groups is 2. The molecule has 0 aromatic carbocycles. The van der Waals surface area contributed by atoms with Crippen LogP contribution >= 0.6 is 0 Å². The molecule has 1 saturated carbocycles. The molecule has 1 aliphatic carbocycles. The molecule has 4 rings (SSSR count). The number of piperidine rings is 1. The van der Waals surface area contributed by atoms with Gasteiger partial charge in [0, 0.05) is 31.7 Å². The van der Waals surface area contributed by atoms with E-state index in [1.807, 2.05) is 11.8 Å². The summed E-state index contributed by atoms with van der Waals surface area (Å²) in [6.07, 6.45) is 10.5. The number of urea groups is 1. The Labute approximate surface area is 139 Å². The zero-order valence-corrected chi connectivity index (χ0v) is 14.3. The SMILES string of the molecule is C[C@@]12CCCN1C(=O)N(C1CCN(C3CCCCC3)CC1)C2=O. The number of amides is 3. The van der Waals surface area contributed by atoms with Crippen molar-refractivity contribution in [2.24, 2.45) is 0 Å². The van der Waals surface area contributed by atoms with Gasteiger partial charge in [0.25, 0.3) is 5.91 Å². The molecule has 3 heterocycles. The highest BCUT2D eigenvalue weighted by molar-refractivity contribution is 6.07. The minimum atomic E-state index is -0.544. The number of nitrogens with zero attached hydrogens (tertiary/aromatic N) is 3. The molecule has 5 nitrogen and oxygen atoms in total. The molecular formula is C18H29N3O2. The summed E-state index contributed by atoms with van der Waals surface area (Å²) in [6.45, 7) is 4.79. The lowest BCUT2D eigenvalue weighted by Gasteiger charge is -2.41. The highest BCUT2D eigenvalue weighted by Crippen LogP contribution is 2.39. The smallest absolute Gasteiger partial charge is 0.310 e. The molecule has 0 radical (unpaired) electrons. The summed E-state index contributed by atoms with van der Waals surface area (Å²) < 4.78 is 0. The second-order valence-electron chi connectivity index (χ2n) is 8.05. The van der Waals surface area contributed by atoms with Crippen molar-refractivity contribution in [3.63, 3.8) is 0 Å². The van der Waals surface area contributed by atoms with E-state index in [0.29, 0.717) is 0 Å². The van der Waals surface area contributed by atoms with Crippen LogP contribution in [0.1, 0.15) is 64.7 Å². The lowest BCUT2D eigenvalue weighted by atomic mass is 9.91. The van der Waals surface area contributed by atoms with Gasteiger partial charge in [0.05, 0.1) is 0 Å². The van der Waals surface area contributed by atoms with Gasteiger partial charge < -0.3 is 9.80 Å². The van der Waals surface area contributed by atoms with Gasteiger partial charge in [0.2, 0.25) is 0 Å². The van der Waals surface area contributed by atoms with Gasteiger partial charge >= 0.3 is 6.03 Å². The van der Waals surface area contributed by atoms with Crippen molar-refractivity contribution < 1.29 is 9.59 Å². The normalized spacial score (nSPS) is 34.5. The Morgan fingerprint density at radius 2 is 1.57 bits per heavy atom. The van der Waals surface area contributed by atoms with Crippen LogP contribution in [0.5, 0.6) is 0 Å². The summed E-state index contributed by atoms with van der Waals surface area (Å²) >= 11 is 0.